The molecule has 0 bridgehead atoms. The van der Waals surface area contributed by atoms with Gasteiger partial charge in [-0.3, -0.25) is 0 Å². The molecule has 0 N–H and O–H groups in total. The average molecular weight is 765 g/mol. The van der Waals surface area contributed by atoms with Crippen LogP contribution in [0.4, 0.5) is 0 Å². The third-order valence-electron chi connectivity index (χ3n) is 10.0. The van der Waals surface area contributed by atoms with Crippen molar-refractivity contribution in [2.75, 3.05) is 24.7 Å². The molecule has 1 aromatic rings. The summed E-state index contributed by atoms with van der Waals surface area (Å²) in [4.78, 5) is 11.7. The van der Waals surface area contributed by atoms with Crippen LogP contribution in [0, 0.1) is 4.91 Å². The van der Waals surface area contributed by atoms with Crippen LogP contribution >= 0.6 is 37.6 Å². The van der Waals surface area contributed by atoms with E-state index in [1.54, 1.807) is 96.3 Å². The topological polar surface area (TPSA) is 57.1 Å². The Bertz CT molecular complexity index is 966. The summed E-state index contributed by atoms with van der Waals surface area (Å²) in [5.41, 5.74) is 4.53. The van der Waals surface area contributed by atoms with Crippen molar-refractivity contribution >= 4 is 42.2 Å². The molecule has 1 aliphatic heterocycles. The van der Waals surface area contributed by atoms with Gasteiger partial charge in [0, 0.05) is 7.92 Å². The summed E-state index contributed by atoms with van der Waals surface area (Å²) in [7, 11) is 10.3. The Kier molecular flexibility index (Phi) is 16.1. The van der Waals surface area contributed by atoms with Crippen LogP contribution in [0.15, 0.2) is 28.4 Å². The Morgan fingerprint density at radius 2 is 1.44 bits per heavy atom. The van der Waals surface area contributed by atoms with Crippen molar-refractivity contribution in [2.24, 2.45) is 5.34 Å². The quantitative estimate of drug-likeness (QED) is 0.103. The molecular formula is C33H55Cl2NO4PRuS+. The van der Waals surface area contributed by atoms with E-state index >= 15 is 0 Å². The molecule has 1 aromatic carbocycles. The molecule has 10 heteroatoms. The summed E-state index contributed by atoms with van der Waals surface area (Å²) in [5.74, 6) is 2.04. The first kappa shape index (κ1) is 36.1. The van der Waals surface area contributed by atoms with Gasteiger partial charge in [0.1, 0.15) is 0 Å². The van der Waals surface area contributed by atoms with Gasteiger partial charge < -0.3 is 0 Å². The molecule has 4 aliphatic rings. The minimum atomic E-state index is -2.03. The van der Waals surface area contributed by atoms with E-state index in [2.05, 4.69) is 12.3 Å². The number of nitrogens with zero attached hydrogens (tertiary/aromatic N) is 1. The van der Waals surface area contributed by atoms with E-state index in [-0.39, 0.29) is 14.0 Å². The second kappa shape index (κ2) is 19.2. The monoisotopic (exact) mass is 764 g/mol. The van der Waals surface area contributed by atoms with E-state index in [4.69, 9.17) is 33.1 Å². The first-order valence-electron chi connectivity index (χ1n) is 16.8. The molecule has 5 nitrogen and oxygen atoms in total. The Morgan fingerprint density at radius 3 is 1.88 bits per heavy atom. The predicted octanol–water partition coefficient (Wildman–Crippen LogP) is 10.9. The summed E-state index contributed by atoms with van der Waals surface area (Å²) >= 11 is -2.03. The van der Waals surface area contributed by atoms with Gasteiger partial charge in [-0.2, -0.15) is 0 Å². The van der Waals surface area contributed by atoms with Gasteiger partial charge in [-0.1, -0.05) is 19.3 Å². The van der Waals surface area contributed by atoms with Crippen molar-refractivity contribution in [2.45, 2.75) is 145 Å². The molecule has 1 atom stereocenters. The summed E-state index contributed by atoms with van der Waals surface area (Å²) < 4.78 is 18.6. The zero-order valence-electron chi connectivity index (χ0n) is 26.4. The maximum atomic E-state index is 10.8. The molecule has 1 heterocycles. The Labute approximate surface area is 277 Å². The normalized spacial score (nSPS) is 23.8. The van der Waals surface area contributed by atoms with Gasteiger partial charge in [-0.05, 0) is 77.0 Å². The second-order valence-corrected chi connectivity index (χ2v) is 25.1. The van der Waals surface area contributed by atoms with Crippen molar-refractivity contribution < 1.29 is 27.3 Å². The summed E-state index contributed by atoms with van der Waals surface area (Å²) in [6.45, 7) is 5.18. The molecule has 0 aromatic heterocycles. The summed E-state index contributed by atoms with van der Waals surface area (Å²) in [6.07, 6.45) is 24.8. The Balaban J connectivity index is 0.000000202. The van der Waals surface area contributed by atoms with Crippen LogP contribution in [0.5, 0.6) is 5.75 Å². The first-order valence-corrected chi connectivity index (χ1v) is 25.9. The van der Waals surface area contributed by atoms with Gasteiger partial charge in [0.05, 0.1) is 17.0 Å². The Hall–Kier alpha value is 0.233. The number of hydrogen-bond acceptors (Lipinski definition) is 5. The number of benzene rings is 1. The summed E-state index contributed by atoms with van der Waals surface area (Å²) in [6, 6.07) is 5.81. The second-order valence-electron chi connectivity index (χ2n) is 12.8. The minimum absolute atomic E-state index is 0.0465. The van der Waals surface area contributed by atoms with E-state index < -0.39 is 23.8 Å². The van der Waals surface area contributed by atoms with Gasteiger partial charge in [-0.15, -0.1) is 0 Å². The fourth-order valence-corrected chi connectivity index (χ4v) is 17.1. The molecule has 3 aliphatic carbocycles. The van der Waals surface area contributed by atoms with Gasteiger partial charge in [0.15, 0.2) is 0 Å². The van der Waals surface area contributed by atoms with Crippen LogP contribution in [0.2, 0.25) is 0 Å². The predicted molar refractivity (Wildman–Crippen MR) is 186 cm³/mol. The SMILES string of the molecule is C1CCC([PH+](C2CCCCC2)C2CCCCC2)CC1.CCC(C)Oc1ccc(S2(ON=O)CCOCC2)cc1[CH]=[Ru]([Cl])[Cl]. The standard InChI is InChI=1S/C18H33P.C15H21NO4S.2ClH.Ru/c1-4-10-16(11-5-1)19(17-12-6-2-7-13-17)18-14-8-3-9-15-18;1-4-13(3)19-15-6-5-14(11-12(15)2)21(20-16-17)9-7-18-8-10-21;;;/h16-18H,1-15H2;2,5-6,11,13H,4,7-10H2,1,3H3;2*1H;/q;;;;+2/p-1. The van der Waals surface area contributed by atoms with Gasteiger partial charge in [-0.25, -0.2) is 0 Å². The number of rotatable bonds is 10. The van der Waals surface area contributed by atoms with Gasteiger partial charge in [0.2, 0.25) is 0 Å². The zero-order valence-corrected chi connectivity index (χ0v) is 31.4. The van der Waals surface area contributed by atoms with Crippen molar-refractivity contribution in [1.29, 1.82) is 0 Å². The molecule has 3 saturated carbocycles. The van der Waals surface area contributed by atoms with Crippen LogP contribution < -0.4 is 4.74 Å². The molecule has 248 valence electrons. The molecular weight excluding hydrogens is 709 g/mol. The van der Waals surface area contributed by atoms with Crippen LogP contribution in [0.1, 0.15) is 122 Å². The van der Waals surface area contributed by atoms with Crippen molar-refractivity contribution in [1.82, 2.24) is 0 Å². The van der Waals surface area contributed by atoms with Gasteiger partial charge in [0.25, 0.3) is 0 Å². The van der Waals surface area contributed by atoms with E-state index in [1.807, 2.05) is 29.7 Å². The average Bonchev–Trinajstić information content (AvgIpc) is 3.04. The van der Waals surface area contributed by atoms with Crippen molar-refractivity contribution in [3.05, 3.63) is 28.7 Å². The third-order valence-corrected chi connectivity index (χ3v) is 19.5. The molecule has 0 radical (unpaired) electrons. The number of halogens is 2. The fourth-order valence-electron chi connectivity index (χ4n) is 7.64. The van der Waals surface area contributed by atoms with Crippen LogP contribution in [-0.4, -0.2) is 52.4 Å². The molecule has 1 unspecified atom stereocenters. The van der Waals surface area contributed by atoms with Crippen LogP contribution in [0.25, 0.3) is 0 Å². The van der Waals surface area contributed by atoms with Crippen molar-refractivity contribution in [3.63, 3.8) is 0 Å². The summed E-state index contributed by atoms with van der Waals surface area (Å²) in [5, 5.41) is 2.73. The number of ether oxygens (including phenoxy) is 2. The van der Waals surface area contributed by atoms with Crippen LogP contribution in [-0.2, 0) is 22.5 Å². The van der Waals surface area contributed by atoms with E-state index in [1.165, 1.54) is 17.0 Å². The molecule has 1 saturated heterocycles. The molecule has 43 heavy (non-hydrogen) atoms. The third kappa shape index (κ3) is 10.9. The molecule has 0 spiro atoms. The first-order chi connectivity index (χ1) is 21.0. The van der Waals surface area contributed by atoms with E-state index in [0.717, 1.165) is 22.6 Å². The van der Waals surface area contributed by atoms with Gasteiger partial charge >= 0.3 is 157 Å². The van der Waals surface area contributed by atoms with E-state index in [9.17, 15) is 4.91 Å². The zero-order chi connectivity index (χ0) is 30.5. The fraction of sp³-hybridized carbons (Fsp3) is 0.788. The van der Waals surface area contributed by atoms with E-state index in [0.29, 0.717) is 24.7 Å². The molecule has 0 amide bonds. The maximum absolute atomic E-state index is 10.8. The van der Waals surface area contributed by atoms with Crippen LogP contribution in [0.3, 0.4) is 0 Å². The number of hydrogen-bond donors (Lipinski definition) is 0. The van der Waals surface area contributed by atoms with Crippen molar-refractivity contribution in [3.8, 4) is 5.75 Å². The molecule has 4 fully saturated rings. The molecule has 5 rings (SSSR count). The Morgan fingerprint density at radius 1 is 0.930 bits per heavy atom.